The fourth-order valence-electron chi connectivity index (χ4n) is 3.41. The van der Waals surface area contributed by atoms with Crippen LogP contribution in [0, 0.1) is 11.8 Å². The molecule has 2 fully saturated rings. The van der Waals surface area contributed by atoms with Gasteiger partial charge < -0.3 is 5.32 Å². The number of hydrogen-bond acceptors (Lipinski definition) is 2. The highest BCUT2D eigenvalue weighted by molar-refractivity contribution is 9.11. The van der Waals surface area contributed by atoms with Crippen molar-refractivity contribution < 1.29 is 0 Å². The van der Waals surface area contributed by atoms with E-state index in [0.29, 0.717) is 6.04 Å². The summed E-state index contributed by atoms with van der Waals surface area (Å²) in [5.41, 5.74) is 0. The van der Waals surface area contributed by atoms with Gasteiger partial charge in [-0.2, -0.15) is 0 Å². The molecule has 0 amide bonds. The van der Waals surface area contributed by atoms with Crippen molar-refractivity contribution in [2.45, 2.75) is 44.7 Å². The van der Waals surface area contributed by atoms with Crippen LogP contribution in [0.2, 0.25) is 0 Å². The third kappa shape index (κ3) is 2.09. The highest BCUT2D eigenvalue weighted by Gasteiger charge is 2.39. The third-order valence-electron chi connectivity index (χ3n) is 4.22. The van der Waals surface area contributed by atoms with Crippen molar-refractivity contribution in [1.82, 2.24) is 5.32 Å². The van der Waals surface area contributed by atoms with Gasteiger partial charge in [-0.15, -0.1) is 11.3 Å². The van der Waals surface area contributed by atoms with Gasteiger partial charge in [-0.05, 0) is 66.1 Å². The lowest BCUT2D eigenvalue weighted by molar-refractivity contribution is 0.328. The second-order valence-electron chi connectivity index (χ2n) is 5.31. The van der Waals surface area contributed by atoms with Crippen LogP contribution in [0.4, 0.5) is 0 Å². The Labute approximate surface area is 110 Å². The molecule has 1 nitrogen and oxygen atoms in total. The minimum absolute atomic E-state index is 0.514. The predicted octanol–water partition coefficient (Wildman–Crippen LogP) is 4.35. The number of thiophene rings is 1. The molecule has 0 aromatic carbocycles. The number of fused-ring (bicyclic) bond motifs is 2. The minimum Gasteiger partial charge on any atom is -0.306 e. The summed E-state index contributed by atoms with van der Waals surface area (Å²) in [5.74, 6) is 2.00. The topological polar surface area (TPSA) is 12.0 Å². The first-order valence-electron chi connectivity index (χ1n) is 6.23. The van der Waals surface area contributed by atoms with Crippen LogP contribution < -0.4 is 5.32 Å². The van der Waals surface area contributed by atoms with Gasteiger partial charge in [0.2, 0.25) is 0 Å². The Balaban J connectivity index is 1.62. The van der Waals surface area contributed by atoms with Crippen LogP contribution in [0.3, 0.4) is 0 Å². The maximum absolute atomic E-state index is 3.83. The molecule has 2 aliphatic rings. The Morgan fingerprint density at radius 1 is 1.38 bits per heavy atom. The molecule has 2 bridgehead atoms. The number of rotatable bonds is 3. The molecule has 1 aromatic rings. The minimum atomic E-state index is 0.514. The molecular weight excluding hydrogens is 282 g/mol. The van der Waals surface area contributed by atoms with Gasteiger partial charge in [0.05, 0.1) is 3.79 Å². The maximum Gasteiger partial charge on any atom is 0.0701 e. The van der Waals surface area contributed by atoms with Gasteiger partial charge in [-0.3, -0.25) is 0 Å². The van der Waals surface area contributed by atoms with E-state index in [2.05, 4.69) is 40.3 Å². The molecule has 2 aliphatic carbocycles. The summed E-state index contributed by atoms with van der Waals surface area (Å²) >= 11 is 5.39. The Morgan fingerprint density at radius 3 is 2.81 bits per heavy atom. The molecule has 1 heterocycles. The van der Waals surface area contributed by atoms with E-state index in [4.69, 9.17) is 0 Å². The SMILES string of the molecule is CC(NC1CC2CCC1C2)c1ccc(Br)s1. The second-order valence-corrected chi connectivity index (χ2v) is 7.81. The molecule has 0 aliphatic heterocycles. The van der Waals surface area contributed by atoms with E-state index in [1.165, 1.54) is 34.3 Å². The van der Waals surface area contributed by atoms with Crippen molar-refractivity contribution in [2.75, 3.05) is 0 Å². The van der Waals surface area contributed by atoms with Gasteiger partial charge in [0.25, 0.3) is 0 Å². The van der Waals surface area contributed by atoms with E-state index in [1.807, 2.05) is 11.3 Å². The zero-order valence-corrected chi connectivity index (χ0v) is 12.0. The predicted molar refractivity (Wildman–Crippen MR) is 72.8 cm³/mol. The Kier molecular flexibility index (Phi) is 3.11. The van der Waals surface area contributed by atoms with Crippen molar-refractivity contribution in [2.24, 2.45) is 11.8 Å². The van der Waals surface area contributed by atoms with Crippen molar-refractivity contribution in [1.29, 1.82) is 0 Å². The fraction of sp³-hybridized carbons (Fsp3) is 0.692. The zero-order chi connectivity index (χ0) is 11.1. The first-order valence-corrected chi connectivity index (χ1v) is 7.84. The lowest BCUT2D eigenvalue weighted by Crippen LogP contribution is -2.35. The average molecular weight is 300 g/mol. The van der Waals surface area contributed by atoms with Gasteiger partial charge in [-0.1, -0.05) is 6.42 Å². The van der Waals surface area contributed by atoms with E-state index in [0.717, 1.165) is 17.9 Å². The molecule has 88 valence electrons. The van der Waals surface area contributed by atoms with Crippen molar-refractivity contribution in [3.8, 4) is 0 Å². The van der Waals surface area contributed by atoms with Crippen LogP contribution in [0.1, 0.15) is 43.5 Å². The van der Waals surface area contributed by atoms with Crippen LogP contribution in [-0.2, 0) is 0 Å². The van der Waals surface area contributed by atoms with Gasteiger partial charge in [0.15, 0.2) is 0 Å². The van der Waals surface area contributed by atoms with Crippen LogP contribution in [0.5, 0.6) is 0 Å². The standard InChI is InChI=1S/C13H18BrNS/c1-8(12-4-5-13(14)16-12)15-11-7-9-2-3-10(11)6-9/h4-5,8-11,15H,2-3,6-7H2,1H3. The summed E-state index contributed by atoms with van der Waals surface area (Å²) in [7, 11) is 0. The highest BCUT2D eigenvalue weighted by atomic mass is 79.9. The maximum atomic E-state index is 3.83. The van der Waals surface area contributed by atoms with E-state index >= 15 is 0 Å². The molecule has 2 saturated carbocycles. The van der Waals surface area contributed by atoms with Gasteiger partial charge in [-0.25, -0.2) is 0 Å². The molecule has 3 rings (SSSR count). The summed E-state index contributed by atoms with van der Waals surface area (Å²) in [6.45, 7) is 2.30. The lowest BCUT2D eigenvalue weighted by Gasteiger charge is -2.26. The quantitative estimate of drug-likeness (QED) is 0.875. The molecule has 0 saturated heterocycles. The summed E-state index contributed by atoms with van der Waals surface area (Å²) in [5, 5.41) is 3.83. The Bertz CT molecular complexity index is 376. The second kappa shape index (κ2) is 4.43. The summed E-state index contributed by atoms with van der Waals surface area (Å²) in [6, 6.07) is 5.69. The van der Waals surface area contributed by atoms with Crippen LogP contribution in [0.15, 0.2) is 15.9 Å². The van der Waals surface area contributed by atoms with Gasteiger partial charge >= 0.3 is 0 Å². The number of nitrogens with one attached hydrogen (secondary N) is 1. The molecule has 0 spiro atoms. The van der Waals surface area contributed by atoms with E-state index in [1.54, 1.807) is 0 Å². The molecule has 1 N–H and O–H groups in total. The molecule has 4 unspecified atom stereocenters. The smallest absolute Gasteiger partial charge is 0.0701 e. The van der Waals surface area contributed by atoms with Gasteiger partial charge in [0.1, 0.15) is 0 Å². The lowest BCUT2D eigenvalue weighted by atomic mass is 9.95. The fourth-order valence-corrected chi connectivity index (χ4v) is 4.85. The van der Waals surface area contributed by atoms with Crippen molar-refractivity contribution >= 4 is 27.3 Å². The molecular formula is C13H18BrNS. The average Bonchev–Trinajstić information content (AvgIpc) is 2.92. The Hall–Kier alpha value is 0.140. The molecule has 1 aromatic heterocycles. The van der Waals surface area contributed by atoms with E-state index in [-0.39, 0.29) is 0 Å². The monoisotopic (exact) mass is 299 g/mol. The summed E-state index contributed by atoms with van der Waals surface area (Å²) in [4.78, 5) is 1.45. The van der Waals surface area contributed by atoms with Crippen molar-refractivity contribution in [3.05, 3.63) is 20.8 Å². The summed E-state index contributed by atoms with van der Waals surface area (Å²) < 4.78 is 1.24. The normalized spacial score (nSPS) is 34.5. The first kappa shape index (κ1) is 11.2. The number of hydrogen-bond donors (Lipinski definition) is 1. The highest BCUT2D eigenvalue weighted by Crippen LogP contribution is 2.45. The molecule has 16 heavy (non-hydrogen) atoms. The Morgan fingerprint density at radius 2 is 2.25 bits per heavy atom. The molecule has 4 atom stereocenters. The van der Waals surface area contributed by atoms with Crippen molar-refractivity contribution in [3.63, 3.8) is 0 Å². The van der Waals surface area contributed by atoms with E-state index in [9.17, 15) is 0 Å². The first-order chi connectivity index (χ1) is 7.72. The summed E-state index contributed by atoms with van der Waals surface area (Å²) in [6.07, 6.45) is 5.85. The largest absolute Gasteiger partial charge is 0.306 e. The van der Waals surface area contributed by atoms with Gasteiger partial charge in [0, 0.05) is 17.0 Å². The van der Waals surface area contributed by atoms with Crippen LogP contribution >= 0.6 is 27.3 Å². The third-order valence-corrected chi connectivity index (χ3v) is 6.03. The van der Waals surface area contributed by atoms with E-state index < -0.39 is 0 Å². The van der Waals surface area contributed by atoms with Crippen LogP contribution in [-0.4, -0.2) is 6.04 Å². The molecule has 0 radical (unpaired) electrons. The zero-order valence-electron chi connectivity index (χ0n) is 9.58. The van der Waals surface area contributed by atoms with Crippen LogP contribution in [0.25, 0.3) is 0 Å². The number of halogens is 1. The molecule has 3 heteroatoms.